The van der Waals surface area contributed by atoms with E-state index in [0.717, 1.165) is 19.4 Å². The Hall–Kier alpha value is -1.39. The highest BCUT2D eigenvalue weighted by Crippen LogP contribution is 2.37. The minimum Gasteiger partial charge on any atom is -0.455 e. The second kappa shape index (κ2) is 7.66. The molecule has 3 nitrogen and oxygen atoms in total. The molecule has 0 amide bonds. The van der Waals surface area contributed by atoms with Gasteiger partial charge in [0, 0.05) is 6.61 Å². The Morgan fingerprint density at radius 2 is 1.88 bits per heavy atom. The van der Waals surface area contributed by atoms with Crippen LogP contribution in [0.4, 0.5) is 0 Å². The van der Waals surface area contributed by atoms with Crippen molar-refractivity contribution in [3.63, 3.8) is 0 Å². The summed E-state index contributed by atoms with van der Waals surface area (Å²) >= 11 is 0. The number of hydrogen-bond donors (Lipinski definition) is 0. The lowest BCUT2D eigenvalue weighted by atomic mass is 9.93. The second-order valence-corrected chi connectivity index (χ2v) is 13.0. The summed E-state index contributed by atoms with van der Waals surface area (Å²) < 4.78 is 12.0. The van der Waals surface area contributed by atoms with Gasteiger partial charge in [0.1, 0.15) is 6.10 Å². The Labute approximate surface area is 147 Å². The first-order valence-electron chi connectivity index (χ1n) is 8.76. The van der Waals surface area contributed by atoms with Crippen LogP contribution in [0.2, 0.25) is 18.1 Å². The summed E-state index contributed by atoms with van der Waals surface area (Å²) in [5, 5.41) is 0.219. The van der Waals surface area contributed by atoms with Gasteiger partial charge >= 0.3 is 5.97 Å². The van der Waals surface area contributed by atoms with E-state index in [1.165, 1.54) is 0 Å². The fraction of sp³-hybridized carbons (Fsp3) is 0.550. The molecular weight excluding hydrogens is 316 g/mol. The van der Waals surface area contributed by atoms with Gasteiger partial charge in [0.2, 0.25) is 0 Å². The number of ether oxygens (including phenoxy) is 1. The van der Waals surface area contributed by atoms with Crippen LogP contribution in [-0.4, -0.2) is 27.0 Å². The normalized spacial score (nSPS) is 21.5. The molecule has 0 saturated heterocycles. The lowest BCUT2D eigenvalue weighted by Crippen LogP contribution is -2.42. The van der Waals surface area contributed by atoms with Crippen LogP contribution < -0.4 is 0 Å². The number of carbonyl (C=O) groups is 1. The van der Waals surface area contributed by atoms with E-state index >= 15 is 0 Å². The van der Waals surface area contributed by atoms with E-state index in [4.69, 9.17) is 9.16 Å². The molecular formula is C20H30O3Si. The van der Waals surface area contributed by atoms with Crippen LogP contribution >= 0.6 is 0 Å². The van der Waals surface area contributed by atoms with Crippen molar-refractivity contribution in [2.45, 2.75) is 57.8 Å². The van der Waals surface area contributed by atoms with Crippen LogP contribution in [-0.2, 0) is 9.16 Å². The first kappa shape index (κ1) is 18.9. The van der Waals surface area contributed by atoms with Gasteiger partial charge in [-0.05, 0) is 55.1 Å². The van der Waals surface area contributed by atoms with Crippen molar-refractivity contribution >= 4 is 14.3 Å². The largest absolute Gasteiger partial charge is 0.455 e. The molecule has 1 aliphatic rings. The van der Waals surface area contributed by atoms with Gasteiger partial charge in [-0.25, -0.2) is 4.79 Å². The zero-order valence-electron chi connectivity index (χ0n) is 15.5. The highest BCUT2D eigenvalue weighted by Gasteiger charge is 2.37. The molecule has 2 atom stereocenters. The Bertz CT molecular complexity index is 572. The lowest BCUT2D eigenvalue weighted by molar-refractivity contribution is 0.0314. The predicted molar refractivity (Wildman–Crippen MR) is 101 cm³/mol. The first-order valence-corrected chi connectivity index (χ1v) is 11.7. The molecule has 1 aromatic carbocycles. The highest BCUT2D eigenvalue weighted by atomic mass is 28.4. The van der Waals surface area contributed by atoms with Crippen molar-refractivity contribution in [3.05, 3.63) is 48.0 Å². The smallest absolute Gasteiger partial charge is 0.338 e. The molecule has 0 fully saturated rings. The molecule has 0 N–H and O–H groups in total. The molecule has 1 aromatic rings. The van der Waals surface area contributed by atoms with Crippen LogP contribution in [0.15, 0.2) is 42.5 Å². The van der Waals surface area contributed by atoms with E-state index in [9.17, 15) is 4.79 Å². The van der Waals surface area contributed by atoms with Crippen molar-refractivity contribution in [3.8, 4) is 0 Å². The lowest BCUT2D eigenvalue weighted by Gasteiger charge is -2.38. The monoisotopic (exact) mass is 346 g/mol. The molecule has 0 bridgehead atoms. The molecule has 0 aliphatic heterocycles. The van der Waals surface area contributed by atoms with E-state index in [1.807, 2.05) is 24.3 Å². The van der Waals surface area contributed by atoms with Crippen LogP contribution in [0.5, 0.6) is 0 Å². The zero-order valence-corrected chi connectivity index (χ0v) is 16.5. The average Bonchev–Trinajstić information content (AvgIpc) is 2.53. The molecule has 0 aromatic heterocycles. The summed E-state index contributed by atoms with van der Waals surface area (Å²) in [5.41, 5.74) is 0.602. The van der Waals surface area contributed by atoms with Gasteiger partial charge in [-0.2, -0.15) is 0 Å². The Balaban J connectivity index is 1.87. The van der Waals surface area contributed by atoms with Crippen molar-refractivity contribution < 1.29 is 14.0 Å². The van der Waals surface area contributed by atoms with Gasteiger partial charge in [0.25, 0.3) is 0 Å². The highest BCUT2D eigenvalue weighted by molar-refractivity contribution is 6.74. The molecule has 0 heterocycles. The van der Waals surface area contributed by atoms with Gasteiger partial charge < -0.3 is 9.16 Å². The molecule has 2 rings (SSSR count). The number of hydrogen-bond acceptors (Lipinski definition) is 3. The maximum atomic E-state index is 12.2. The summed E-state index contributed by atoms with van der Waals surface area (Å²) in [5.74, 6) is 0.161. The predicted octanol–water partition coefficient (Wildman–Crippen LogP) is 5.20. The maximum Gasteiger partial charge on any atom is 0.338 e. The first-order chi connectivity index (χ1) is 11.2. The van der Waals surface area contributed by atoms with Crippen LogP contribution in [0, 0.1) is 5.92 Å². The topological polar surface area (TPSA) is 35.5 Å². The average molecular weight is 347 g/mol. The van der Waals surface area contributed by atoms with E-state index in [-0.39, 0.29) is 17.1 Å². The third kappa shape index (κ3) is 5.05. The third-order valence-electron chi connectivity index (χ3n) is 5.14. The number of benzene rings is 1. The minimum absolute atomic E-state index is 0.153. The third-order valence-corrected chi connectivity index (χ3v) is 9.64. The van der Waals surface area contributed by atoms with Gasteiger partial charge in [-0.3, -0.25) is 0 Å². The number of rotatable bonds is 5. The summed E-state index contributed by atoms with van der Waals surface area (Å²) in [7, 11) is -1.73. The van der Waals surface area contributed by atoms with Crippen molar-refractivity contribution in [1.82, 2.24) is 0 Å². The molecule has 0 spiro atoms. The quantitative estimate of drug-likeness (QED) is 0.417. The van der Waals surface area contributed by atoms with Crippen molar-refractivity contribution in [2.24, 2.45) is 5.92 Å². The zero-order chi connectivity index (χ0) is 17.8. The molecule has 4 heteroatoms. The summed E-state index contributed by atoms with van der Waals surface area (Å²) in [6.07, 6.45) is 5.80. The second-order valence-electron chi connectivity index (χ2n) is 8.15. The van der Waals surface area contributed by atoms with Crippen molar-refractivity contribution in [2.75, 3.05) is 6.61 Å². The van der Waals surface area contributed by atoms with E-state index in [2.05, 4.69) is 39.9 Å². The van der Waals surface area contributed by atoms with Crippen LogP contribution in [0.3, 0.4) is 0 Å². The molecule has 0 radical (unpaired) electrons. The molecule has 1 aliphatic carbocycles. The fourth-order valence-corrected chi connectivity index (χ4v) is 3.56. The Morgan fingerprint density at radius 3 is 2.50 bits per heavy atom. The van der Waals surface area contributed by atoms with E-state index < -0.39 is 8.32 Å². The standard InChI is InChI=1S/C20H30O3Si/c1-20(2,3)24(4,5)22-15-16-10-9-13-18(14-16)23-19(21)17-11-7-6-8-12-17/h6-9,11-13,16,18H,10,14-15H2,1-5H3/t16-,18-/m0/s1. The fourth-order valence-electron chi connectivity index (χ4n) is 2.47. The van der Waals surface area contributed by atoms with Gasteiger partial charge in [-0.15, -0.1) is 0 Å². The van der Waals surface area contributed by atoms with Crippen LogP contribution in [0.25, 0.3) is 0 Å². The SMILES string of the molecule is CC(C)(C)[Si](C)(C)OC[C@H]1CC=C[C@H](OC(=O)c2ccccc2)C1. The Morgan fingerprint density at radius 1 is 1.21 bits per heavy atom. The molecule has 0 saturated carbocycles. The van der Waals surface area contributed by atoms with Crippen molar-refractivity contribution in [1.29, 1.82) is 0 Å². The van der Waals surface area contributed by atoms with Gasteiger partial charge in [0.15, 0.2) is 8.32 Å². The molecule has 24 heavy (non-hydrogen) atoms. The Kier molecular flexibility index (Phi) is 6.05. The van der Waals surface area contributed by atoms with E-state index in [0.29, 0.717) is 11.5 Å². The minimum atomic E-state index is -1.73. The van der Waals surface area contributed by atoms with Crippen LogP contribution in [0.1, 0.15) is 44.0 Å². The van der Waals surface area contributed by atoms with Gasteiger partial charge in [0.05, 0.1) is 5.56 Å². The number of allylic oxidation sites excluding steroid dienone is 1. The molecule has 132 valence electrons. The summed E-state index contributed by atoms with van der Waals surface area (Å²) in [6.45, 7) is 12.1. The number of carbonyl (C=O) groups excluding carboxylic acids is 1. The van der Waals surface area contributed by atoms with Gasteiger partial charge in [-0.1, -0.05) is 45.0 Å². The summed E-state index contributed by atoms with van der Waals surface area (Å²) in [4.78, 5) is 12.2. The number of esters is 1. The maximum absolute atomic E-state index is 12.2. The summed E-state index contributed by atoms with van der Waals surface area (Å²) in [6, 6.07) is 9.16. The van der Waals surface area contributed by atoms with E-state index in [1.54, 1.807) is 12.1 Å². The molecule has 0 unspecified atom stereocenters.